The molecule has 3 rings (SSSR count). The molecule has 1 saturated carbocycles. The number of nitrogen functional groups attached to an aromatic ring is 1. The maximum atomic E-state index is 5.79. The highest BCUT2D eigenvalue weighted by Gasteiger charge is 2.20. The Morgan fingerprint density at radius 1 is 1.28 bits per heavy atom. The zero-order valence-electron chi connectivity index (χ0n) is 10.7. The van der Waals surface area contributed by atoms with Gasteiger partial charge in [0, 0.05) is 0 Å². The van der Waals surface area contributed by atoms with Gasteiger partial charge in [-0.15, -0.1) is 0 Å². The molecule has 0 atom stereocenters. The summed E-state index contributed by atoms with van der Waals surface area (Å²) in [5, 5.41) is 0. The molecule has 4 heteroatoms. The number of rotatable bonds is 2. The minimum absolute atomic E-state index is 0.464. The molecule has 18 heavy (non-hydrogen) atoms. The molecule has 3 N–H and O–H groups in total. The van der Waals surface area contributed by atoms with Crippen LogP contribution >= 0.6 is 0 Å². The second-order valence-electron chi connectivity index (χ2n) is 5.04. The normalized spacial score (nSPS) is 17.2. The van der Waals surface area contributed by atoms with E-state index in [-0.39, 0.29) is 0 Å². The van der Waals surface area contributed by atoms with Crippen LogP contribution in [0.1, 0.15) is 43.6 Å². The third kappa shape index (κ3) is 1.82. The fraction of sp³-hybridized carbons (Fsp3) is 0.500. The molecule has 2 aromatic rings. The summed E-state index contributed by atoms with van der Waals surface area (Å²) in [4.78, 5) is 7.54. The van der Waals surface area contributed by atoms with E-state index in [0.717, 1.165) is 16.8 Å². The average Bonchev–Trinajstić information content (AvgIpc) is 2.80. The zero-order valence-corrected chi connectivity index (χ0v) is 10.7. The van der Waals surface area contributed by atoms with E-state index in [4.69, 9.17) is 10.5 Å². The number of nitrogens with two attached hydrogens (primary N) is 1. The van der Waals surface area contributed by atoms with Crippen LogP contribution in [0.15, 0.2) is 12.1 Å². The number of ether oxygens (including phenoxy) is 1. The van der Waals surface area contributed by atoms with E-state index >= 15 is 0 Å². The molecule has 0 spiro atoms. The van der Waals surface area contributed by atoms with Crippen molar-refractivity contribution < 1.29 is 4.74 Å². The Balaban J connectivity index is 2.11. The van der Waals surface area contributed by atoms with Crippen LogP contribution in [-0.2, 0) is 0 Å². The van der Waals surface area contributed by atoms with Crippen molar-refractivity contribution >= 4 is 17.0 Å². The van der Waals surface area contributed by atoms with Gasteiger partial charge in [0.15, 0.2) is 5.95 Å². The van der Waals surface area contributed by atoms with Gasteiger partial charge in [0.05, 0.1) is 12.6 Å². The van der Waals surface area contributed by atoms with Crippen molar-refractivity contribution in [1.29, 1.82) is 0 Å². The van der Waals surface area contributed by atoms with E-state index in [0.29, 0.717) is 11.9 Å². The van der Waals surface area contributed by atoms with Crippen LogP contribution in [0.5, 0.6) is 5.75 Å². The minimum Gasteiger partial charge on any atom is -0.494 e. The lowest BCUT2D eigenvalue weighted by molar-refractivity contribution is 0.418. The molecule has 1 aromatic heterocycles. The van der Waals surface area contributed by atoms with Gasteiger partial charge in [0.1, 0.15) is 11.3 Å². The number of nitrogens with one attached hydrogen (secondary N) is 1. The molecular formula is C14H19N3O. The quantitative estimate of drug-likeness (QED) is 0.854. The highest BCUT2D eigenvalue weighted by atomic mass is 16.5. The molecule has 0 radical (unpaired) electrons. The molecule has 0 unspecified atom stereocenters. The second-order valence-corrected chi connectivity index (χ2v) is 5.04. The van der Waals surface area contributed by atoms with Crippen molar-refractivity contribution in [3.63, 3.8) is 0 Å². The minimum atomic E-state index is 0.464. The molecule has 1 heterocycles. The topological polar surface area (TPSA) is 63.9 Å². The summed E-state index contributed by atoms with van der Waals surface area (Å²) < 4.78 is 5.36. The van der Waals surface area contributed by atoms with E-state index in [1.54, 1.807) is 7.11 Å². The number of aromatic amines is 1. The first-order chi connectivity index (χ1) is 8.79. The van der Waals surface area contributed by atoms with Crippen LogP contribution in [0.4, 0.5) is 5.95 Å². The van der Waals surface area contributed by atoms with E-state index in [2.05, 4.69) is 16.0 Å². The van der Waals surface area contributed by atoms with Gasteiger partial charge in [0.2, 0.25) is 0 Å². The summed E-state index contributed by atoms with van der Waals surface area (Å²) in [5.41, 5.74) is 9.02. The van der Waals surface area contributed by atoms with Gasteiger partial charge in [-0.3, -0.25) is 0 Å². The largest absolute Gasteiger partial charge is 0.494 e. The molecule has 0 bridgehead atoms. The molecule has 1 fully saturated rings. The monoisotopic (exact) mass is 245 g/mol. The van der Waals surface area contributed by atoms with Crippen LogP contribution in [-0.4, -0.2) is 17.1 Å². The van der Waals surface area contributed by atoms with Crippen molar-refractivity contribution in [2.75, 3.05) is 12.8 Å². The lowest BCUT2D eigenvalue weighted by Crippen LogP contribution is -2.05. The van der Waals surface area contributed by atoms with E-state index < -0.39 is 0 Å². The van der Waals surface area contributed by atoms with Gasteiger partial charge < -0.3 is 15.5 Å². The SMILES string of the molecule is COc1ccc(C2CCCCC2)c2nc(N)[nH]c12. The first-order valence-electron chi connectivity index (χ1n) is 6.61. The molecule has 0 saturated heterocycles. The highest BCUT2D eigenvalue weighted by molar-refractivity contribution is 5.86. The number of fused-ring (bicyclic) bond motifs is 1. The third-order valence-corrected chi connectivity index (χ3v) is 3.92. The fourth-order valence-corrected chi connectivity index (χ4v) is 3.02. The van der Waals surface area contributed by atoms with Gasteiger partial charge in [-0.2, -0.15) is 0 Å². The molecule has 96 valence electrons. The molecule has 1 aromatic carbocycles. The van der Waals surface area contributed by atoms with Crippen molar-refractivity contribution in [3.8, 4) is 5.75 Å². The number of anilines is 1. The highest BCUT2D eigenvalue weighted by Crippen LogP contribution is 2.38. The van der Waals surface area contributed by atoms with E-state index in [1.807, 2.05) is 6.07 Å². The number of aromatic nitrogens is 2. The molecule has 0 aliphatic heterocycles. The van der Waals surface area contributed by atoms with E-state index in [9.17, 15) is 0 Å². The summed E-state index contributed by atoms with van der Waals surface area (Å²) in [6.07, 6.45) is 6.51. The van der Waals surface area contributed by atoms with Crippen LogP contribution in [0, 0.1) is 0 Å². The summed E-state index contributed by atoms with van der Waals surface area (Å²) in [7, 11) is 1.67. The lowest BCUT2D eigenvalue weighted by atomic mass is 9.83. The third-order valence-electron chi connectivity index (χ3n) is 3.92. The Morgan fingerprint density at radius 2 is 2.06 bits per heavy atom. The van der Waals surface area contributed by atoms with Crippen LogP contribution in [0.25, 0.3) is 11.0 Å². The zero-order chi connectivity index (χ0) is 12.5. The Kier molecular flexibility index (Phi) is 2.86. The first-order valence-corrected chi connectivity index (χ1v) is 6.61. The smallest absolute Gasteiger partial charge is 0.198 e. The van der Waals surface area contributed by atoms with Crippen molar-refractivity contribution in [2.24, 2.45) is 0 Å². The summed E-state index contributed by atoms with van der Waals surface area (Å²) in [5.74, 6) is 1.90. The Bertz CT molecular complexity index is 555. The molecule has 4 nitrogen and oxygen atoms in total. The molecule has 0 amide bonds. The fourth-order valence-electron chi connectivity index (χ4n) is 3.02. The van der Waals surface area contributed by atoms with Gasteiger partial charge >= 0.3 is 0 Å². The van der Waals surface area contributed by atoms with Gasteiger partial charge in [-0.25, -0.2) is 4.98 Å². The number of benzene rings is 1. The number of nitrogens with zero attached hydrogens (tertiary/aromatic N) is 1. The van der Waals surface area contributed by atoms with Crippen LogP contribution < -0.4 is 10.5 Å². The van der Waals surface area contributed by atoms with E-state index in [1.165, 1.54) is 37.7 Å². The van der Waals surface area contributed by atoms with Crippen LogP contribution in [0.3, 0.4) is 0 Å². The maximum absolute atomic E-state index is 5.79. The number of imidazole rings is 1. The number of hydrogen-bond acceptors (Lipinski definition) is 3. The van der Waals surface area contributed by atoms with Gasteiger partial charge in [-0.1, -0.05) is 25.3 Å². The number of methoxy groups -OCH3 is 1. The van der Waals surface area contributed by atoms with Gasteiger partial charge in [0.25, 0.3) is 0 Å². The summed E-state index contributed by atoms with van der Waals surface area (Å²) in [6, 6.07) is 4.17. The average molecular weight is 245 g/mol. The Hall–Kier alpha value is -1.71. The summed E-state index contributed by atoms with van der Waals surface area (Å²) in [6.45, 7) is 0. The number of hydrogen-bond donors (Lipinski definition) is 2. The molecule has 1 aliphatic carbocycles. The standard InChI is InChI=1S/C14H19N3O/c1-18-11-8-7-10(9-5-3-2-4-6-9)12-13(11)17-14(15)16-12/h7-9H,2-6H2,1H3,(H3,15,16,17). The molecular weight excluding hydrogens is 226 g/mol. The predicted octanol–water partition coefficient (Wildman–Crippen LogP) is 3.20. The Labute approximate surface area is 107 Å². The Morgan fingerprint density at radius 3 is 2.78 bits per heavy atom. The van der Waals surface area contributed by atoms with Crippen molar-refractivity contribution in [2.45, 2.75) is 38.0 Å². The molecule has 1 aliphatic rings. The van der Waals surface area contributed by atoms with Gasteiger partial charge in [-0.05, 0) is 30.4 Å². The lowest BCUT2D eigenvalue weighted by Gasteiger charge is -2.22. The second kappa shape index (κ2) is 4.52. The first kappa shape index (κ1) is 11.4. The predicted molar refractivity (Wildman–Crippen MR) is 72.9 cm³/mol. The van der Waals surface area contributed by atoms with Crippen molar-refractivity contribution in [1.82, 2.24) is 9.97 Å². The van der Waals surface area contributed by atoms with Crippen LogP contribution in [0.2, 0.25) is 0 Å². The van der Waals surface area contributed by atoms with Crippen molar-refractivity contribution in [3.05, 3.63) is 17.7 Å². The number of H-pyrrole nitrogens is 1. The summed E-state index contributed by atoms with van der Waals surface area (Å²) >= 11 is 0. The maximum Gasteiger partial charge on any atom is 0.198 e.